The molecule has 2 aromatic rings. The second-order valence-corrected chi connectivity index (χ2v) is 5.91. The molecule has 0 aliphatic rings. The van der Waals surface area contributed by atoms with Crippen molar-refractivity contribution in [3.05, 3.63) is 63.6 Å². The van der Waals surface area contributed by atoms with E-state index in [0.717, 1.165) is 29.7 Å². The Kier molecular flexibility index (Phi) is 6.27. The number of nitrogens with one attached hydrogen (secondary N) is 1. The fraction of sp³-hybridized carbons (Fsp3) is 0.333. The molecule has 2 rings (SSSR count). The van der Waals surface area contributed by atoms with Crippen molar-refractivity contribution < 1.29 is 4.74 Å². The lowest BCUT2D eigenvalue weighted by Crippen LogP contribution is -2.13. The lowest BCUT2D eigenvalue weighted by atomic mass is 10.1. The van der Waals surface area contributed by atoms with E-state index in [2.05, 4.69) is 65.4 Å². The molecule has 0 amide bonds. The van der Waals surface area contributed by atoms with Crippen LogP contribution in [-0.2, 0) is 19.6 Å². The predicted octanol–water partition coefficient (Wildman–Crippen LogP) is 4.70. The summed E-state index contributed by atoms with van der Waals surface area (Å²) >= 11 is 3.52. The molecule has 0 saturated carbocycles. The molecule has 0 aromatic heterocycles. The molecule has 0 atom stereocenters. The summed E-state index contributed by atoms with van der Waals surface area (Å²) in [6.45, 7) is 6.64. The normalized spacial score (nSPS) is 10.6. The van der Waals surface area contributed by atoms with Gasteiger partial charge >= 0.3 is 0 Å². The van der Waals surface area contributed by atoms with Gasteiger partial charge in [0.15, 0.2) is 0 Å². The van der Waals surface area contributed by atoms with E-state index in [4.69, 9.17) is 4.74 Å². The molecule has 0 aliphatic heterocycles. The van der Waals surface area contributed by atoms with Crippen molar-refractivity contribution in [3.63, 3.8) is 0 Å². The Morgan fingerprint density at radius 2 is 1.71 bits per heavy atom. The molecule has 0 saturated heterocycles. The zero-order chi connectivity index (χ0) is 15.1. The Labute approximate surface area is 135 Å². The van der Waals surface area contributed by atoms with E-state index >= 15 is 0 Å². The van der Waals surface area contributed by atoms with Crippen molar-refractivity contribution in [2.45, 2.75) is 33.4 Å². The van der Waals surface area contributed by atoms with Gasteiger partial charge in [0.2, 0.25) is 0 Å². The van der Waals surface area contributed by atoms with Crippen LogP contribution in [0, 0.1) is 0 Å². The molecule has 0 fully saturated rings. The lowest BCUT2D eigenvalue weighted by molar-refractivity contribution is 0.302. The summed E-state index contributed by atoms with van der Waals surface area (Å²) in [6.07, 6.45) is 1.07. The van der Waals surface area contributed by atoms with Gasteiger partial charge < -0.3 is 10.1 Å². The molecule has 21 heavy (non-hydrogen) atoms. The van der Waals surface area contributed by atoms with Crippen LogP contribution in [0.2, 0.25) is 0 Å². The van der Waals surface area contributed by atoms with E-state index in [9.17, 15) is 0 Å². The minimum Gasteiger partial charge on any atom is -0.489 e. The van der Waals surface area contributed by atoms with E-state index < -0.39 is 0 Å². The van der Waals surface area contributed by atoms with E-state index in [1.807, 2.05) is 12.1 Å². The number of halogens is 1. The van der Waals surface area contributed by atoms with Crippen molar-refractivity contribution >= 4 is 15.9 Å². The first-order valence-electron chi connectivity index (χ1n) is 7.42. The van der Waals surface area contributed by atoms with Gasteiger partial charge in [-0.2, -0.15) is 0 Å². The molecule has 0 bridgehead atoms. The third-order valence-corrected chi connectivity index (χ3v) is 3.91. The summed E-state index contributed by atoms with van der Waals surface area (Å²) in [4.78, 5) is 0. The van der Waals surface area contributed by atoms with Gasteiger partial charge in [0, 0.05) is 16.6 Å². The molecule has 0 unspecified atom stereocenters. The molecule has 3 heteroatoms. The van der Waals surface area contributed by atoms with E-state index in [0.29, 0.717) is 6.61 Å². The third kappa shape index (κ3) is 4.87. The van der Waals surface area contributed by atoms with Gasteiger partial charge in [-0.1, -0.05) is 54.0 Å². The molecule has 0 spiro atoms. The van der Waals surface area contributed by atoms with Crippen LogP contribution < -0.4 is 10.1 Å². The Morgan fingerprint density at radius 3 is 2.38 bits per heavy atom. The van der Waals surface area contributed by atoms with Gasteiger partial charge in [-0.25, -0.2) is 0 Å². The van der Waals surface area contributed by atoms with Crippen LogP contribution in [0.5, 0.6) is 5.75 Å². The monoisotopic (exact) mass is 347 g/mol. The smallest absolute Gasteiger partial charge is 0.124 e. The first kappa shape index (κ1) is 16.1. The second kappa shape index (κ2) is 8.20. The zero-order valence-corrected chi connectivity index (χ0v) is 14.2. The second-order valence-electron chi connectivity index (χ2n) is 4.99. The summed E-state index contributed by atoms with van der Waals surface area (Å²) in [5.74, 6) is 0.943. The van der Waals surface area contributed by atoms with Crippen LogP contribution in [-0.4, -0.2) is 6.54 Å². The first-order valence-corrected chi connectivity index (χ1v) is 8.22. The van der Waals surface area contributed by atoms with Crippen molar-refractivity contribution in [2.75, 3.05) is 6.54 Å². The fourth-order valence-corrected chi connectivity index (χ4v) is 2.53. The topological polar surface area (TPSA) is 21.3 Å². The molecule has 2 nitrogen and oxygen atoms in total. The Balaban J connectivity index is 2.04. The van der Waals surface area contributed by atoms with Crippen LogP contribution in [0.15, 0.2) is 46.9 Å². The summed E-state index contributed by atoms with van der Waals surface area (Å²) in [5, 5.41) is 3.34. The standard InChI is InChI=1S/C18H22BrNO/c1-3-14-5-7-15(8-6-14)13-21-18-10-9-17(19)11-16(18)12-20-4-2/h5-11,20H,3-4,12-13H2,1-2H3. The van der Waals surface area contributed by atoms with Crippen molar-refractivity contribution in [3.8, 4) is 5.75 Å². The molecule has 0 radical (unpaired) electrons. The van der Waals surface area contributed by atoms with Gasteiger partial charge in [0.1, 0.15) is 12.4 Å². The van der Waals surface area contributed by atoms with Crippen molar-refractivity contribution in [1.29, 1.82) is 0 Å². The first-order chi connectivity index (χ1) is 10.2. The Hall–Kier alpha value is -1.32. The maximum atomic E-state index is 5.99. The highest BCUT2D eigenvalue weighted by Crippen LogP contribution is 2.24. The van der Waals surface area contributed by atoms with E-state index in [1.54, 1.807) is 0 Å². The quantitative estimate of drug-likeness (QED) is 0.783. The number of benzene rings is 2. The molecular formula is C18H22BrNO. The minimum absolute atomic E-state index is 0.602. The molecule has 2 aromatic carbocycles. The predicted molar refractivity (Wildman–Crippen MR) is 91.7 cm³/mol. The molecule has 112 valence electrons. The maximum absolute atomic E-state index is 5.99. The number of rotatable bonds is 7. The van der Waals surface area contributed by atoms with E-state index in [1.165, 1.54) is 16.7 Å². The summed E-state index contributed by atoms with van der Waals surface area (Å²) in [5.41, 5.74) is 3.73. The van der Waals surface area contributed by atoms with Crippen LogP contribution in [0.1, 0.15) is 30.5 Å². The highest BCUT2D eigenvalue weighted by atomic mass is 79.9. The van der Waals surface area contributed by atoms with Gasteiger partial charge in [0.25, 0.3) is 0 Å². The van der Waals surface area contributed by atoms with Crippen LogP contribution >= 0.6 is 15.9 Å². The summed E-state index contributed by atoms with van der Waals surface area (Å²) < 4.78 is 7.07. The molecule has 0 heterocycles. The summed E-state index contributed by atoms with van der Waals surface area (Å²) in [7, 11) is 0. The van der Waals surface area contributed by atoms with Gasteiger partial charge in [0.05, 0.1) is 0 Å². The zero-order valence-electron chi connectivity index (χ0n) is 12.7. The van der Waals surface area contributed by atoms with Crippen LogP contribution in [0.25, 0.3) is 0 Å². The largest absolute Gasteiger partial charge is 0.489 e. The van der Waals surface area contributed by atoms with Gasteiger partial charge in [-0.05, 0) is 42.3 Å². The van der Waals surface area contributed by atoms with Gasteiger partial charge in [-0.3, -0.25) is 0 Å². The van der Waals surface area contributed by atoms with Crippen LogP contribution in [0.3, 0.4) is 0 Å². The average molecular weight is 348 g/mol. The highest BCUT2D eigenvalue weighted by molar-refractivity contribution is 9.10. The SMILES string of the molecule is CCNCc1cc(Br)ccc1OCc1ccc(CC)cc1. The Morgan fingerprint density at radius 1 is 1.00 bits per heavy atom. The lowest BCUT2D eigenvalue weighted by Gasteiger charge is -2.13. The van der Waals surface area contributed by atoms with E-state index in [-0.39, 0.29) is 0 Å². The highest BCUT2D eigenvalue weighted by Gasteiger charge is 2.05. The van der Waals surface area contributed by atoms with Crippen molar-refractivity contribution in [2.24, 2.45) is 0 Å². The molecule has 0 aliphatic carbocycles. The fourth-order valence-electron chi connectivity index (χ4n) is 2.12. The Bertz CT molecular complexity index is 566. The number of hydrogen-bond acceptors (Lipinski definition) is 2. The van der Waals surface area contributed by atoms with Crippen LogP contribution in [0.4, 0.5) is 0 Å². The molecule has 1 N–H and O–H groups in total. The maximum Gasteiger partial charge on any atom is 0.124 e. The summed E-state index contributed by atoms with van der Waals surface area (Å²) in [6, 6.07) is 14.8. The molecular weight excluding hydrogens is 326 g/mol. The third-order valence-electron chi connectivity index (χ3n) is 3.41. The average Bonchev–Trinajstić information content (AvgIpc) is 2.52. The number of ether oxygens (including phenoxy) is 1. The minimum atomic E-state index is 0.602. The van der Waals surface area contributed by atoms with Crippen molar-refractivity contribution in [1.82, 2.24) is 5.32 Å². The number of aryl methyl sites for hydroxylation is 1. The van der Waals surface area contributed by atoms with Gasteiger partial charge in [-0.15, -0.1) is 0 Å². The number of hydrogen-bond donors (Lipinski definition) is 1.